The number of nitro groups is 1. The molecule has 0 aliphatic carbocycles. The molecule has 1 aliphatic rings. The molecule has 5 rings (SSSR count). The number of carbonyl (C=O) groups excluding carboxylic acids is 1. The number of anilines is 1. The lowest BCUT2D eigenvalue weighted by atomic mass is 9.90. The van der Waals surface area contributed by atoms with Crippen molar-refractivity contribution < 1.29 is 28.0 Å². The van der Waals surface area contributed by atoms with Gasteiger partial charge in [-0.25, -0.2) is 0 Å². The van der Waals surface area contributed by atoms with Gasteiger partial charge in [0.2, 0.25) is 11.5 Å². The summed E-state index contributed by atoms with van der Waals surface area (Å²) >= 11 is 0. The summed E-state index contributed by atoms with van der Waals surface area (Å²) in [6, 6.07) is 21.7. The Kier molecular flexibility index (Phi) is 8.07. The summed E-state index contributed by atoms with van der Waals surface area (Å²) in [5.74, 6) is -0.147. The van der Waals surface area contributed by atoms with Crippen LogP contribution in [0.5, 0.6) is 0 Å². The first-order valence-electron chi connectivity index (χ1n) is 13.7. The maximum Gasteiger partial charge on any atom is 0.422 e. The zero-order valence-corrected chi connectivity index (χ0v) is 23.0. The molecule has 1 aromatic heterocycles. The number of alkyl halides is 3. The second-order valence-corrected chi connectivity index (χ2v) is 10.7. The first-order chi connectivity index (χ1) is 20.0. The summed E-state index contributed by atoms with van der Waals surface area (Å²) in [7, 11) is 0. The predicted molar refractivity (Wildman–Crippen MR) is 153 cm³/mol. The van der Waals surface area contributed by atoms with Crippen LogP contribution in [0.1, 0.15) is 30.9 Å². The first kappa shape index (κ1) is 29.3. The highest BCUT2D eigenvalue weighted by Crippen LogP contribution is 2.44. The van der Waals surface area contributed by atoms with Gasteiger partial charge in [0.15, 0.2) is 0 Å². The number of hydrogen-bond acceptors (Lipinski definition) is 5. The van der Waals surface area contributed by atoms with Gasteiger partial charge in [-0.15, -0.1) is 0 Å². The lowest BCUT2D eigenvalue weighted by Gasteiger charge is -2.41. The van der Waals surface area contributed by atoms with E-state index in [0.29, 0.717) is 12.8 Å². The molecule has 1 aliphatic heterocycles. The van der Waals surface area contributed by atoms with Crippen LogP contribution in [-0.4, -0.2) is 57.3 Å². The molecule has 3 aromatic carbocycles. The lowest BCUT2D eigenvalue weighted by molar-refractivity contribution is -0.384. The van der Waals surface area contributed by atoms with E-state index < -0.39 is 23.2 Å². The van der Waals surface area contributed by atoms with Crippen LogP contribution >= 0.6 is 0 Å². The van der Waals surface area contributed by atoms with Gasteiger partial charge in [0, 0.05) is 74.1 Å². The number of β-amino-alcohol motifs (C(OH)–C–C–N with tert-alkyl or cyclic N) is 1. The van der Waals surface area contributed by atoms with Crippen molar-refractivity contribution in [3.63, 3.8) is 0 Å². The second kappa shape index (κ2) is 11.6. The standard InChI is InChI=1S/C31H31F3N4O4/c1-22(39)37(24-10-6-3-7-11-24)25-14-16-35(17-15-25)21-30(40,31(32,33)34)28-20-36(19-23-8-4-2-5-9-23)29-18-26(38(41)42)12-13-27(28)29/h2-13,18,20,25,40H,14-17,19,21H2,1H3. The van der Waals surface area contributed by atoms with E-state index in [2.05, 4.69) is 0 Å². The smallest absolute Gasteiger partial charge is 0.375 e. The number of halogens is 3. The highest BCUT2D eigenvalue weighted by atomic mass is 19.4. The third-order valence-electron chi connectivity index (χ3n) is 7.94. The number of piperidine rings is 1. The van der Waals surface area contributed by atoms with Crippen LogP contribution < -0.4 is 4.90 Å². The fourth-order valence-corrected chi connectivity index (χ4v) is 5.86. The maximum atomic E-state index is 14.8. The number of nitrogens with zero attached hydrogens (tertiary/aromatic N) is 4. The number of aromatic nitrogens is 1. The summed E-state index contributed by atoms with van der Waals surface area (Å²) in [5, 5.41) is 23.1. The van der Waals surface area contributed by atoms with Gasteiger partial charge in [-0.1, -0.05) is 48.5 Å². The van der Waals surface area contributed by atoms with E-state index >= 15 is 0 Å². The number of hydrogen-bond donors (Lipinski definition) is 1. The minimum atomic E-state index is -5.03. The van der Waals surface area contributed by atoms with Crippen LogP contribution in [0.2, 0.25) is 0 Å². The molecule has 1 unspecified atom stereocenters. The van der Waals surface area contributed by atoms with Crippen LogP contribution in [0, 0.1) is 10.1 Å². The minimum Gasteiger partial charge on any atom is -0.375 e. The van der Waals surface area contributed by atoms with Gasteiger partial charge < -0.3 is 14.6 Å². The van der Waals surface area contributed by atoms with Crippen LogP contribution in [-0.2, 0) is 16.9 Å². The minimum absolute atomic E-state index is 0.0954. The molecule has 42 heavy (non-hydrogen) atoms. The number of likely N-dealkylation sites (tertiary alicyclic amines) is 1. The van der Waals surface area contributed by atoms with Gasteiger partial charge in [0.05, 0.1) is 10.4 Å². The third kappa shape index (κ3) is 5.75. The molecule has 2 heterocycles. The monoisotopic (exact) mass is 580 g/mol. The van der Waals surface area contributed by atoms with E-state index in [-0.39, 0.29) is 53.7 Å². The summed E-state index contributed by atoms with van der Waals surface area (Å²) < 4.78 is 45.9. The number of fused-ring (bicyclic) bond motifs is 1. The molecular weight excluding hydrogens is 549 g/mol. The van der Waals surface area contributed by atoms with E-state index in [1.54, 1.807) is 21.9 Å². The van der Waals surface area contributed by atoms with Gasteiger partial charge in [0.1, 0.15) is 0 Å². The largest absolute Gasteiger partial charge is 0.422 e. The van der Waals surface area contributed by atoms with E-state index in [1.807, 2.05) is 48.5 Å². The third-order valence-corrected chi connectivity index (χ3v) is 7.94. The highest BCUT2D eigenvalue weighted by Gasteiger charge is 2.57. The second-order valence-electron chi connectivity index (χ2n) is 10.7. The molecule has 1 fully saturated rings. The van der Waals surface area contributed by atoms with Gasteiger partial charge in [-0.05, 0) is 36.6 Å². The molecule has 0 radical (unpaired) electrons. The van der Waals surface area contributed by atoms with E-state index in [1.165, 1.54) is 29.8 Å². The van der Waals surface area contributed by atoms with E-state index in [9.17, 15) is 33.2 Å². The molecule has 0 spiro atoms. The Morgan fingerprint density at radius 1 is 1.02 bits per heavy atom. The topological polar surface area (TPSA) is 91.8 Å². The van der Waals surface area contributed by atoms with Crippen LogP contribution in [0.25, 0.3) is 10.9 Å². The normalized spacial score (nSPS) is 16.3. The van der Waals surface area contributed by atoms with Gasteiger partial charge >= 0.3 is 6.18 Å². The number of nitro benzene ring substituents is 1. The summed E-state index contributed by atoms with van der Waals surface area (Å²) in [4.78, 5) is 26.6. The molecule has 1 saturated heterocycles. The molecular formula is C31H31F3N4O4. The Bertz CT molecular complexity index is 1570. The van der Waals surface area contributed by atoms with Gasteiger partial charge in [-0.3, -0.25) is 19.8 Å². The van der Waals surface area contributed by atoms with Gasteiger partial charge in [0.25, 0.3) is 5.69 Å². The van der Waals surface area contributed by atoms with Crippen molar-refractivity contribution in [2.75, 3.05) is 24.5 Å². The Morgan fingerprint density at radius 3 is 2.21 bits per heavy atom. The number of benzene rings is 3. The SMILES string of the molecule is CC(=O)N(c1ccccc1)C1CCN(CC(O)(c2cn(Cc3ccccc3)c3cc([N+](=O)[O-])ccc23)C(F)(F)F)CC1. The Labute approximate surface area is 240 Å². The average Bonchev–Trinajstić information content (AvgIpc) is 3.32. The van der Waals surface area contributed by atoms with E-state index in [0.717, 1.165) is 17.3 Å². The summed E-state index contributed by atoms with van der Waals surface area (Å²) in [6.07, 6.45) is -2.91. The maximum absolute atomic E-state index is 14.8. The molecule has 1 atom stereocenters. The van der Waals surface area contributed by atoms with Crippen molar-refractivity contribution in [3.05, 3.63) is 106 Å². The fraction of sp³-hybridized carbons (Fsp3) is 0.323. The zero-order valence-electron chi connectivity index (χ0n) is 23.0. The molecule has 0 bridgehead atoms. The van der Waals surface area contributed by atoms with Gasteiger partial charge in [-0.2, -0.15) is 13.2 Å². The first-order valence-corrected chi connectivity index (χ1v) is 13.7. The van der Waals surface area contributed by atoms with Crippen molar-refractivity contribution in [2.45, 2.75) is 44.1 Å². The molecule has 8 nitrogen and oxygen atoms in total. The number of non-ortho nitro benzene ring substituents is 1. The highest BCUT2D eigenvalue weighted by molar-refractivity contribution is 5.92. The van der Waals surface area contributed by atoms with Crippen molar-refractivity contribution in [3.8, 4) is 0 Å². The van der Waals surface area contributed by atoms with Crippen LogP contribution in [0.4, 0.5) is 24.5 Å². The number of para-hydroxylation sites is 1. The quantitative estimate of drug-likeness (QED) is 0.208. The van der Waals surface area contributed by atoms with Crippen molar-refractivity contribution in [2.24, 2.45) is 0 Å². The van der Waals surface area contributed by atoms with Crippen molar-refractivity contribution >= 4 is 28.2 Å². The Morgan fingerprint density at radius 2 is 1.64 bits per heavy atom. The zero-order chi connectivity index (χ0) is 30.1. The number of carbonyl (C=O) groups is 1. The van der Waals surface area contributed by atoms with Crippen molar-refractivity contribution in [1.82, 2.24) is 9.47 Å². The average molecular weight is 581 g/mol. The molecule has 0 saturated carbocycles. The molecule has 1 amide bonds. The molecule has 1 N–H and O–H groups in total. The van der Waals surface area contributed by atoms with Crippen LogP contribution in [0.15, 0.2) is 85.1 Å². The van der Waals surface area contributed by atoms with E-state index in [4.69, 9.17) is 0 Å². The summed E-state index contributed by atoms with van der Waals surface area (Å²) in [5.41, 5.74) is -2.10. The Hall–Kier alpha value is -4.22. The predicted octanol–water partition coefficient (Wildman–Crippen LogP) is 5.87. The summed E-state index contributed by atoms with van der Waals surface area (Å²) in [6.45, 7) is 1.41. The fourth-order valence-electron chi connectivity index (χ4n) is 5.86. The number of aliphatic hydroxyl groups is 1. The lowest BCUT2D eigenvalue weighted by Crippen LogP contribution is -2.54. The molecule has 4 aromatic rings. The number of rotatable bonds is 8. The van der Waals surface area contributed by atoms with Crippen LogP contribution in [0.3, 0.4) is 0 Å². The molecule has 220 valence electrons. The Balaban J connectivity index is 1.46. The van der Waals surface area contributed by atoms with Crippen molar-refractivity contribution in [1.29, 1.82) is 0 Å². The molecule has 11 heteroatoms. The number of amides is 1.